The summed E-state index contributed by atoms with van der Waals surface area (Å²) in [6.07, 6.45) is 5.16. The molecular weight excluding hydrogens is 238 g/mol. The number of benzene rings is 1. The van der Waals surface area contributed by atoms with Gasteiger partial charge in [-0.25, -0.2) is 0 Å². The van der Waals surface area contributed by atoms with Crippen molar-refractivity contribution in [2.45, 2.75) is 25.8 Å². The highest BCUT2D eigenvalue weighted by Crippen LogP contribution is 2.47. The lowest BCUT2D eigenvalue weighted by molar-refractivity contribution is 0.245. The second kappa shape index (κ2) is 6.73. The summed E-state index contributed by atoms with van der Waals surface area (Å²) in [5.74, 6) is 0.877. The van der Waals surface area contributed by atoms with Crippen molar-refractivity contribution >= 4 is 0 Å². The molecule has 1 aliphatic carbocycles. The fourth-order valence-electron chi connectivity index (χ4n) is 2.26. The predicted molar refractivity (Wildman–Crippen MR) is 77.2 cm³/mol. The molecule has 19 heavy (non-hydrogen) atoms. The highest BCUT2D eigenvalue weighted by atomic mass is 16.5. The Bertz CT molecular complexity index is 396. The van der Waals surface area contributed by atoms with E-state index in [9.17, 15) is 0 Å². The highest BCUT2D eigenvalue weighted by Gasteiger charge is 2.41. The van der Waals surface area contributed by atoms with Crippen LogP contribution in [0.15, 0.2) is 36.9 Å². The Labute approximate surface area is 115 Å². The van der Waals surface area contributed by atoms with Crippen molar-refractivity contribution in [3.8, 4) is 5.75 Å². The quantitative estimate of drug-likeness (QED) is 0.671. The van der Waals surface area contributed by atoms with Crippen molar-refractivity contribution in [3.05, 3.63) is 42.5 Å². The molecule has 3 heteroatoms. The van der Waals surface area contributed by atoms with Crippen LogP contribution in [0.5, 0.6) is 5.75 Å². The van der Waals surface area contributed by atoms with Crippen LogP contribution in [-0.4, -0.2) is 24.9 Å². The van der Waals surface area contributed by atoms with E-state index in [1.807, 2.05) is 12.1 Å². The summed E-state index contributed by atoms with van der Waals surface area (Å²) in [6.45, 7) is 6.34. The van der Waals surface area contributed by atoms with Crippen molar-refractivity contribution < 1.29 is 9.84 Å². The molecule has 0 aliphatic heterocycles. The first kappa shape index (κ1) is 14.1. The minimum absolute atomic E-state index is 0.303. The number of rotatable bonds is 9. The standard InChI is InChI=1S/C16H23NO2/c1-2-11-19-15-5-3-14(4-6-15)12-17-13-16(7-8-16)9-10-18/h2-6,17-18H,1,7-13H2. The molecule has 1 aromatic carbocycles. The summed E-state index contributed by atoms with van der Waals surface area (Å²) in [4.78, 5) is 0. The third-order valence-electron chi connectivity index (χ3n) is 3.72. The minimum Gasteiger partial charge on any atom is -0.490 e. The molecule has 0 aromatic heterocycles. The Balaban J connectivity index is 1.72. The van der Waals surface area contributed by atoms with Gasteiger partial charge in [0.15, 0.2) is 0 Å². The molecule has 0 amide bonds. The molecule has 0 bridgehead atoms. The van der Waals surface area contributed by atoms with Gasteiger partial charge in [0.25, 0.3) is 0 Å². The van der Waals surface area contributed by atoms with Gasteiger partial charge in [-0.15, -0.1) is 0 Å². The molecule has 0 unspecified atom stereocenters. The molecule has 2 rings (SSSR count). The Morgan fingerprint density at radius 3 is 2.63 bits per heavy atom. The number of aliphatic hydroxyl groups excluding tert-OH is 1. The highest BCUT2D eigenvalue weighted by molar-refractivity contribution is 5.27. The van der Waals surface area contributed by atoms with E-state index in [1.54, 1.807) is 6.08 Å². The third kappa shape index (κ3) is 4.37. The lowest BCUT2D eigenvalue weighted by atomic mass is 10.0. The van der Waals surface area contributed by atoms with Crippen LogP contribution in [0.3, 0.4) is 0 Å². The smallest absolute Gasteiger partial charge is 0.119 e. The minimum atomic E-state index is 0.303. The van der Waals surface area contributed by atoms with Gasteiger partial charge in [-0.1, -0.05) is 24.8 Å². The molecule has 104 valence electrons. The van der Waals surface area contributed by atoms with E-state index in [2.05, 4.69) is 24.0 Å². The number of nitrogens with one attached hydrogen (secondary N) is 1. The molecule has 1 aromatic rings. The second-order valence-corrected chi connectivity index (χ2v) is 5.32. The fraction of sp³-hybridized carbons (Fsp3) is 0.500. The first-order chi connectivity index (χ1) is 9.28. The van der Waals surface area contributed by atoms with Gasteiger partial charge in [-0.05, 0) is 42.4 Å². The molecule has 1 saturated carbocycles. The van der Waals surface area contributed by atoms with Gasteiger partial charge in [-0.3, -0.25) is 0 Å². The number of hydrogen-bond donors (Lipinski definition) is 2. The van der Waals surface area contributed by atoms with Gasteiger partial charge in [0.05, 0.1) is 0 Å². The monoisotopic (exact) mass is 261 g/mol. The number of aliphatic hydroxyl groups is 1. The van der Waals surface area contributed by atoms with E-state index < -0.39 is 0 Å². The maximum absolute atomic E-state index is 9.01. The van der Waals surface area contributed by atoms with E-state index in [4.69, 9.17) is 9.84 Å². The molecule has 3 nitrogen and oxygen atoms in total. The maximum Gasteiger partial charge on any atom is 0.119 e. The fourth-order valence-corrected chi connectivity index (χ4v) is 2.26. The first-order valence-electron chi connectivity index (χ1n) is 6.92. The Hall–Kier alpha value is -1.32. The topological polar surface area (TPSA) is 41.5 Å². The van der Waals surface area contributed by atoms with E-state index in [1.165, 1.54) is 18.4 Å². The van der Waals surface area contributed by atoms with Gasteiger partial charge in [0.1, 0.15) is 12.4 Å². The summed E-state index contributed by atoms with van der Waals surface area (Å²) in [5, 5.41) is 12.5. The summed E-state index contributed by atoms with van der Waals surface area (Å²) in [6, 6.07) is 8.14. The van der Waals surface area contributed by atoms with E-state index in [0.29, 0.717) is 18.6 Å². The molecule has 2 N–H and O–H groups in total. The zero-order chi connectivity index (χ0) is 13.6. The van der Waals surface area contributed by atoms with Crippen LogP contribution < -0.4 is 10.1 Å². The lowest BCUT2D eigenvalue weighted by Gasteiger charge is -2.14. The molecular formula is C16H23NO2. The first-order valence-corrected chi connectivity index (χ1v) is 6.92. The van der Waals surface area contributed by atoms with Crippen molar-refractivity contribution in [2.75, 3.05) is 19.8 Å². The molecule has 1 fully saturated rings. The molecule has 0 spiro atoms. The molecule has 1 aliphatic rings. The van der Waals surface area contributed by atoms with Crippen molar-refractivity contribution in [2.24, 2.45) is 5.41 Å². The van der Waals surface area contributed by atoms with Crippen molar-refractivity contribution in [1.82, 2.24) is 5.32 Å². The van der Waals surface area contributed by atoms with Crippen LogP contribution in [0.25, 0.3) is 0 Å². The van der Waals surface area contributed by atoms with Crippen LogP contribution in [0.1, 0.15) is 24.8 Å². The van der Waals surface area contributed by atoms with Gasteiger partial charge in [-0.2, -0.15) is 0 Å². The normalized spacial score (nSPS) is 16.1. The third-order valence-corrected chi connectivity index (χ3v) is 3.72. The van der Waals surface area contributed by atoms with Gasteiger partial charge >= 0.3 is 0 Å². The average molecular weight is 261 g/mol. The van der Waals surface area contributed by atoms with E-state index in [0.717, 1.165) is 25.3 Å². The van der Waals surface area contributed by atoms with E-state index in [-0.39, 0.29) is 0 Å². The van der Waals surface area contributed by atoms with Crippen LogP contribution in [0.4, 0.5) is 0 Å². The molecule has 0 atom stereocenters. The predicted octanol–water partition coefficient (Wildman–Crippen LogP) is 2.50. The summed E-state index contributed by atoms with van der Waals surface area (Å²) >= 11 is 0. The number of hydrogen-bond acceptors (Lipinski definition) is 3. The summed E-state index contributed by atoms with van der Waals surface area (Å²) in [7, 11) is 0. The Kier molecular flexibility index (Phi) is 5.00. The zero-order valence-corrected chi connectivity index (χ0v) is 11.4. The van der Waals surface area contributed by atoms with Crippen LogP contribution in [0.2, 0.25) is 0 Å². The zero-order valence-electron chi connectivity index (χ0n) is 11.4. The Morgan fingerprint density at radius 1 is 1.32 bits per heavy atom. The largest absolute Gasteiger partial charge is 0.490 e. The summed E-state index contributed by atoms with van der Waals surface area (Å²) in [5.41, 5.74) is 1.63. The molecule has 0 saturated heterocycles. The van der Waals surface area contributed by atoms with Crippen LogP contribution >= 0.6 is 0 Å². The van der Waals surface area contributed by atoms with Gasteiger partial charge in [0, 0.05) is 19.7 Å². The SMILES string of the molecule is C=CCOc1ccc(CNCC2(CCO)CC2)cc1. The molecule has 0 radical (unpaired) electrons. The van der Waals surface area contributed by atoms with Crippen molar-refractivity contribution in [1.29, 1.82) is 0 Å². The van der Waals surface area contributed by atoms with Gasteiger partial charge < -0.3 is 15.2 Å². The Morgan fingerprint density at radius 2 is 2.05 bits per heavy atom. The van der Waals surface area contributed by atoms with E-state index >= 15 is 0 Å². The average Bonchev–Trinajstić information content (AvgIpc) is 3.18. The summed E-state index contributed by atoms with van der Waals surface area (Å²) < 4.78 is 5.44. The lowest BCUT2D eigenvalue weighted by Crippen LogP contribution is -2.24. The number of ether oxygens (including phenoxy) is 1. The second-order valence-electron chi connectivity index (χ2n) is 5.32. The van der Waals surface area contributed by atoms with Gasteiger partial charge in [0.2, 0.25) is 0 Å². The maximum atomic E-state index is 9.01. The molecule has 0 heterocycles. The van der Waals surface area contributed by atoms with Crippen molar-refractivity contribution in [3.63, 3.8) is 0 Å². The van der Waals surface area contributed by atoms with Crippen LogP contribution in [0, 0.1) is 5.41 Å². The van der Waals surface area contributed by atoms with Crippen LogP contribution in [-0.2, 0) is 6.54 Å².